The quantitative estimate of drug-likeness (QED) is 0.347. The highest BCUT2D eigenvalue weighted by atomic mass is 32.2. The van der Waals surface area contributed by atoms with Crippen molar-refractivity contribution in [2.24, 2.45) is 0 Å². The van der Waals surface area contributed by atoms with Crippen LogP contribution in [-0.4, -0.2) is 72.6 Å². The molecule has 0 aliphatic carbocycles. The molecule has 0 saturated heterocycles. The Morgan fingerprint density at radius 2 is 1.77 bits per heavy atom. The first-order valence-corrected chi connectivity index (χ1v) is 12.2. The van der Waals surface area contributed by atoms with Gasteiger partial charge in [-0.3, -0.25) is 0 Å². The lowest BCUT2D eigenvalue weighted by molar-refractivity contribution is -0.149. The van der Waals surface area contributed by atoms with E-state index in [0.717, 1.165) is 23.5 Å². The Morgan fingerprint density at radius 3 is 2.39 bits per heavy atom. The summed E-state index contributed by atoms with van der Waals surface area (Å²) < 4.78 is 16.3. The van der Waals surface area contributed by atoms with E-state index in [-0.39, 0.29) is 6.09 Å². The number of carboxylic acid groups (broad SMARTS) is 1. The minimum absolute atomic E-state index is 0.299. The molecule has 1 atom stereocenters. The molecule has 31 heavy (non-hydrogen) atoms. The molecular formula is C23H37NO6S. The van der Waals surface area contributed by atoms with Crippen molar-refractivity contribution in [3.63, 3.8) is 0 Å². The van der Waals surface area contributed by atoms with Gasteiger partial charge in [0.25, 0.3) is 0 Å². The van der Waals surface area contributed by atoms with Crippen LogP contribution in [0.15, 0.2) is 24.3 Å². The summed E-state index contributed by atoms with van der Waals surface area (Å²) in [6.07, 6.45) is 2.30. The van der Waals surface area contributed by atoms with Gasteiger partial charge in [0.1, 0.15) is 12.4 Å². The summed E-state index contributed by atoms with van der Waals surface area (Å²) in [4.78, 5) is 25.2. The molecule has 0 radical (unpaired) electrons. The van der Waals surface area contributed by atoms with Crippen molar-refractivity contribution in [1.29, 1.82) is 0 Å². The van der Waals surface area contributed by atoms with Crippen LogP contribution in [0.1, 0.15) is 45.6 Å². The van der Waals surface area contributed by atoms with Crippen LogP contribution in [0.25, 0.3) is 0 Å². The van der Waals surface area contributed by atoms with Gasteiger partial charge in [-0.05, 0) is 43.2 Å². The molecule has 0 spiro atoms. The summed E-state index contributed by atoms with van der Waals surface area (Å²) in [6, 6.07) is 7.28. The molecule has 0 aliphatic rings. The van der Waals surface area contributed by atoms with Gasteiger partial charge in [-0.1, -0.05) is 32.4 Å². The van der Waals surface area contributed by atoms with Gasteiger partial charge in [-0.25, -0.2) is 9.59 Å². The number of ether oxygens (including phenoxy) is 3. The van der Waals surface area contributed by atoms with E-state index in [1.165, 1.54) is 12.8 Å². The average Bonchev–Trinajstić information content (AvgIpc) is 2.76. The molecule has 1 rings (SSSR count). The number of hydrogen-bond donors (Lipinski definition) is 1. The van der Waals surface area contributed by atoms with Gasteiger partial charge in [-0.2, -0.15) is 11.8 Å². The first-order chi connectivity index (χ1) is 15.0. The topological polar surface area (TPSA) is 85.3 Å². The Labute approximate surface area is 190 Å². The molecule has 0 aromatic heterocycles. The third kappa shape index (κ3) is 11.9. The van der Waals surface area contributed by atoms with Crippen molar-refractivity contribution in [2.75, 3.05) is 44.4 Å². The van der Waals surface area contributed by atoms with E-state index in [1.807, 2.05) is 30.8 Å². The van der Waals surface area contributed by atoms with E-state index in [2.05, 4.69) is 6.92 Å². The standard InChI is InChI=1S/C23H37NO6S/c1-4-7-16-31-17-13-24(23(27)30-14-5-2)12-15-29-20-10-8-19(9-11-20)18-21(22(25)26)28-6-3/h8-11,21H,4-7,12-18H2,1-3H3,(H,25,26). The van der Waals surface area contributed by atoms with Crippen LogP contribution >= 0.6 is 11.8 Å². The zero-order valence-corrected chi connectivity index (χ0v) is 19.8. The van der Waals surface area contributed by atoms with Crippen molar-refractivity contribution in [1.82, 2.24) is 4.90 Å². The summed E-state index contributed by atoms with van der Waals surface area (Å²) in [6.45, 7) is 8.12. The van der Waals surface area contributed by atoms with E-state index in [0.29, 0.717) is 45.1 Å². The maximum atomic E-state index is 12.3. The normalized spacial score (nSPS) is 11.7. The van der Waals surface area contributed by atoms with E-state index >= 15 is 0 Å². The number of aliphatic carboxylic acids is 1. The van der Waals surface area contributed by atoms with Gasteiger partial charge in [0.2, 0.25) is 0 Å². The molecule has 1 amide bonds. The Kier molecular flexibility index (Phi) is 14.6. The SMILES string of the molecule is CCCCSCCN(CCOc1ccc(CC(OCC)C(=O)O)cc1)C(=O)OCCC. The minimum atomic E-state index is -0.968. The molecule has 7 nitrogen and oxygen atoms in total. The first kappa shape index (κ1) is 27.1. The van der Waals surface area contributed by atoms with Gasteiger partial charge in [0.15, 0.2) is 6.10 Å². The summed E-state index contributed by atoms with van der Waals surface area (Å²) >= 11 is 1.85. The molecule has 1 unspecified atom stereocenters. The maximum Gasteiger partial charge on any atom is 0.409 e. The highest BCUT2D eigenvalue weighted by molar-refractivity contribution is 7.99. The number of benzene rings is 1. The van der Waals surface area contributed by atoms with Crippen LogP contribution in [0.5, 0.6) is 5.75 Å². The van der Waals surface area contributed by atoms with E-state index in [4.69, 9.17) is 14.2 Å². The van der Waals surface area contributed by atoms with Crippen LogP contribution in [-0.2, 0) is 20.7 Å². The number of carbonyl (C=O) groups excluding carboxylic acids is 1. The van der Waals surface area contributed by atoms with E-state index in [9.17, 15) is 14.7 Å². The Hall–Kier alpha value is -1.93. The van der Waals surface area contributed by atoms with Crippen molar-refractivity contribution in [3.05, 3.63) is 29.8 Å². The average molecular weight is 456 g/mol. The lowest BCUT2D eigenvalue weighted by Crippen LogP contribution is -2.37. The Morgan fingerprint density at radius 1 is 1.03 bits per heavy atom. The molecule has 1 N–H and O–H groups in total. The van der Waals surface area contributed by atoms with Gasteiger partial charge < -0.3 is 24.2 Å². The second-order valence-electron chi connectivity index (χ2n) is 7.05. The molecule has 0 saturated carbocycles. The molecule has 0 heterocycles. The second kappa shape index (κ2) is 16.7. The number of hydrogen-bond acceptors (Lipinski definition) is 6. The molecular weight excluding hydrogens is 418 g/mol. The summed E-state index contributed by atoms with van der Waals surface area (Å²) in [5, 5.41) is 9.20. The fourth-order valence-electron chi connectivity index (χ4n) is 2.73. The van der Waals surface area contributed by atoms with Crippen LogP contribution < -0.4 is 4.74 Å². The number of amides is 1. The van der Waals surface area contributed by atoms with E-state index < -0.39 is 12.1 Å². The first-order valence-electron chi connectivity index (χ1n) is 11.1. The number of rotatable bonds is 17. The predicted molar refractivity (Wildman–Crippen MR) is 124 cm³/mol. The van der Waals surface area contributed by atoms with Gasteiger partial charge in [-0.15, -0.1) is 0 Å². The molecule has 176 valence electrons. The predicted octanol–water partition coefficient (Wildman–Crippen LogP) is 4.48. The zero-order chi connectivity index (χ0) is 22.9. The number of nitrogens with zero attached hydrogens (tertiary/aromatic N) is 1. The van der Waals surface area contributed by atoms with Crippen LogP contribution in [0.4, 0.5) is 4.79 Å². The highest BCUT2D eigenvalue weighted by Gasteiger charge is 2.18. The lowest BCUT2D eigenvalue weighted by atomic mass is 10.1. The number of thioether (sulfide) groups is 1. The van der Waals surface area contributed by atoms with Crippen molar-refractivity contribution in [3.8, 4) is 5.75 Å². The van der Waals surface area contributed by atoms with Crippen molar-refractivity contribution in [2.45, 2.75) is 52.6 Å². The van der Waals surface area contributed by atoms with Crippen LogP contribution in [0.2, 0.25) is 0 Å². The third-order valence-corrected chi connectivity index (χ3v) is 5.50. The van der Waals surface area contributed by atoms with Crippen molar-refractivity contribution < 1.29 is 28.9 Å². The monoisotopic (exact) mass is 455 g/mol. The maximum absolute atomic E-state index is 12.3. The Balaban J connectivity index is 2.51. The largest absolute Gasteiger partial charge is 0.492 e. The molecule has 1 aromatic carbocycles. The summed E-state index contributed by atoms with van der Waals surface area (Å²) in [7, 11) is 0. The zero-order valence-electron chi connectivity index (χ0n) is 19.0. The van der Waals surface area contributed by atoms with Crippen LogP contribution in [0, 0.1) is 0 Å². The lowest BCUT2D eigenvalue weighted by Gasteiger charge is -2.22. The van der Waals surface area contributed by atoms with Gasteiger partial charge in [0, 0.05) is 25.3 Å². The van der Waals surface area contributed by atoms with E-state index in [1.54, 1.807) is 24.0 Å². The summed E-state index contributed by atoms with van der Waals surface area (Å²) in [5.41, 5.74) is 0.863. The van der Waals surface area contributed by atoms with Crippen molar-refractivity contribution >= 4 is 23.8 Å². The fourth-order valence-corrected chi connectivity index (χ4v) is 3.77. The molecule has 0 fully saturated rings. The number of carboxylic acids is 1. The third-order valence-electron chi connectivity index (χ3n) is 4.45. The molecule has 0 bridgehead atoms. The molecule has 1 aromatic rings. The number of carbonyl (C=O) groups is 2. The Bertz CT molecular complexity index is 625. The molecule has 0 aliphatic heterocycles. The smallest absolute Gasteiger partial charge is 0.409 e. The molecule has 8 heteroatoms. The highest BCUT2D eigenvalue weighted by Crippen LogP contribution is 2.15. The van der Waals surface area contributed by atoms with Crippen LogP contribution in [0.3, 0.4) is 0 Å². The van der Waals surface area contributed by atoms with Gasteiger partial charge >= 0.3 is 12.1 Å². The minimum Gasteiger partial charge on any atom is -0.492 e. The number of unbranched alkanes of at least 4 members (excludes halogenated alkanes) is 1. The van der Waals surface area contributed by atoms with Gasteiger partial charge in [0.05, 0.1) is 13.2 Å². The second-order valence-corrected chi connectivity index (χ2v) is 8.27. The summed E-state index contributed by atoms with van der Waals surface area (Å²) in [5.74, 6) is 1.68. The fraction of sp³-hybridized carbons (Fsp3) is 0.652.